The Hall–Kier alpha value is -1.50. The number of nitrogens with two attached hydrogens (primary N) is 2. The molecule has 10 nitrogen and oxygen atoms in total. The summed E-state index contributed by atoms with van der Waals surface area (Å²) >= 11 is 5.54. The average Bonchev–Trinajstić information content (AvgIpc) is 2.67. The number of carbonyl (C=O) groups is 4. The largest absolute Gasteiger partial charge is 0.480 e. The van der Waals surface area contributed by atoms with E-state index >= 15 is 0 Å². The van der Waals surface area contributed by atoms with Crippen LogP contribution in [0.25, 0.3) is 0 Å². The Morgan fingerprint density at radius 1 is 0.966 bits per heavy atom. The van der Waals surface area contributed by atoms with Gasteiger partial charge >= 0.3 is 5.97 Å². The van der Waals surface area contributed by atoms with Crippen LogP contribution in [0.3, 0.4) is 0 Å². The van der Waals surface area contributed by atoms with Crippen LogP contribution in [-0.4, -0.2) is 77.3 Å². The number of hydrogen-bond donors (Lipinski definition) is 7. The van der Waals surface area contributed by atoms with E-state index in [4.69, 9.17) is 11.5 Å². The van der Waals surface area contributed by atoms with Crippen LogP contribution in [0.4, 0.5) is 0 Å². The van der Waals surface area contributed by atoms with Crippen LogP contribution in [0, 0.1) is 0 Å². The van der Waals surface area contributed by atoms with Gasteiger partial charge in [-0.3, -0.25) is 14.4 Å². The van der Waals surface area contributed by atoms with Crippen molar-refractivity contribution in [3.8, 4) is 0 Å². The minimum atomic E-state index is -1.15. The van der Waals surface area contributed by atoms with E-state index < -0.39 is 47.9 Å². The summed E-state index contributed by atoms with van der Waals surface area (Å²) in [6.45, 7) is 1.94. The number of amides is 3. The van der Waals surface area contributed by atoms with Crippen LogP contribution >= 0.6 is 24.4 Å². The van der Waals surface area contributed by atoms with Gasteiger partial charge < -0.3 is 32.5 Å². The number of thiol groups is 1. The summed E-state index contributed by atoms with van der Waals surface area (Å²) in [4.78, 5) is 48.3. The molecular weight excluding hydrogens is 418 g/mol. The van der Waals surface area contributed by atoms with Crippen LogP contribution < -0.4 is 27.4 Å². The standard InChI is InChI=1S/C17H33N5O5S2/c1-10(19)14(23)20-11(5-3-4-7-18)15(24)22-13(9-28)16(25)21-12(17(26)27)6-8-29-2/h10-13,28H,3-9,18-19H2,1-2H3,(H,20,23)(H,21,25)(H,22,24)(H,26,27). The van der Waals surface area contributed by atoms with Gasteiger partial charge in [0.05, 0.1) is 6.04 Å². The monoisotopic (exact) mass is 451 g/mol. The van der Waals surface area contributed by atoms with Crippen molar-refractivity contribution >= 4 is 48.1 Å². The Morgan fingerprint density at radius 3 is 2.00 bits per heavy atom. The SMILES string of the molecule is CSCCC(NC(=O)C(CS)NC(=O)C(CCCCN)NC(=O)C(C)N)C(=O)O. The molecule has 0 saturated heterocycles. The highest BCUT2D eigenvalue weighted by Crippen LogP contribution is 2.05. The van der Waals surface area contributed by atoms with Crippen LogP contribution in [0.2, 0.25) is 0 Å². The van der Waals surface area contributed by atoms with Crippen molar-refractivity contribution in [1.82, 2.24) is 16.0 Å². The second-order valence-electron chi connectivity index (χ2n) is 6.56. The number of carboxylic acid groups (broad SMARTS) is 1. The lowest BCUT2D eigenvalue weighted by Crippen LogP contribution is -2.57. The maximum absolute atomic E-state index is 12.6. The lowest BCUT2D eigenvalue weighted by molar-refractivity contribution is -0.142. The van der Waals surface area contributed by atoms with Gasteiger partial charge in [0.2, 0.25) is 17.7 Å². The lowest BCUT2D eigenvalue weighted by Gasteiger charge is -2.24. The van der Waals surface area contributed by atoms with Crippen molar-refractivity contribution in [2.24, 2.45) is 11.5 Å². The lowest BCUT2D eigenvalue weighted by atomic mass is 10.1. The molecule has 0 rings (SSSR count). The second kappa shape index (κ2) is 15.4. The highest BCUT2D eigenvalue weighted by molar-refractivity contribution is 7.98. The van der Waals surface area contributed by atoms with E-state index in [2.05, 4.69) is 28.6 Å². The molecule has 29 heavy (non-hydrogen) atoms. The Kier molecular flexibility index (Phi) is 14.6. The molecule has 4 atom stereocenters. The Labute approximate surface area is 181 Å². The summed E-state index contributed by atoms with van der Waals surface area (Å²) < 4.78 is 0. The molecule has 0 aromatic carbocycles. The highest BCUT2D eigenvalue weighted by Gasteiger charge is 2.29. The van der Waals surface area contributed by atoms with Gasteiger partial charge in [-0.05, 0) is 51.2 Å². The smallest absolute Gasteiger partial charge is 0.326 e. The molecular formula is C17H33N5O5S2. The minimum absolute atomic E-state index is 0.0385. The molecule has 0 saturated carbocycles. The summed E-state index contributed by atoms with van der Waals surface area (Å²) in [6.07, 6.45) is 3.68. The molecule has 0 aliphatic rings. The zero-order valence-corrected chi connectivity index (χ0v) is 18.6. The van der Waals surface area contributed by atoms with Crippen molar-refractivity contribution in [2.45, 2.75) is 56.8 Å². The number of hydrogen-bond acceptors (Lipinski definition) is 8. The molecule has 0 aromatic heterocycles. The number of unbranched alkanes of at least 4 members (excludes halogenated alkanes) is 1. The molecule has 0 aliphatic heterocycles. The van der Waals surface area contributed by atoms with Gasteiger partial charge in [0, 0.05) is 5.75 Å². The van der Waals surface area contributed by atoms with Crippen LogP contribution in [0.1, 0.15) is 32.6 Å². The van der Waals surface area contributed by atoms with Crippen molar-refractivity contribution in [1.29, 1.82) is 0 Å². The third kappa shape index (κ3) is 11.3. The number of carbonyl (C=O) groups excluding carboxylic acids is 3. The average molecular weight is 452 g/mol. The first-order valence-corrected chi connectivity index (χ1v) is 11.4. The first kappa shape index (κ1) is 27.5. The Bertz CT molecular complexity index is 550. The van der Waals surface area contributed by atoms with Crippen LogP contribution in [-0.2, 0) is 19.2 Å². The van der Waals surface area contributed by atoms with Gasteiger partial charge in [0.1, 0.15) is 18.1 Å². The van der Waals surface area contributed by atoms with Crippen molar-refractivity contribution in [3.63, 3.8) is 0 Å². The summed E-state index contributed by atoms with van der Waals surface area (Å²) in [5.74, 6) is -2.35. The summed E-state index contributed by atoms with van der Waals surface area (Å²) in [7, 11) is 0. The molecule has 3 amide bonds. The summed E-state index contributed by atoms with van der Waals surface area (Å²) in [5.41, 5.74) is 11.0. The number of carboxylic acids is 1. The topological polar surface area (TPSA) is 177 Å². The van der Waals surface area contributed by atoms with E-state index in [1.54, 1.807) is 0 Å². The zero-order valence-electron chi connectivity index (χ0n) is 16.8. The van der Waals surface area contributed by atoms with E-state index in [9.17, 15) is 24.3 Å². The van der Waals surface area contributed by atoms with Crippen LogP contribution in [0.15, 0.2) is 0 Å². The van der Waals surface area contributed by atoms with E-state index in [1.807, 2.05) is 6.26 Å². The van der Waals surface area contributed by atoms with Crippen molar-refractivity contribution in [3.05, 3.63) is 0 Å². The third-order valence-corrected chi connectivity index (χ3v) is 5.04. The maximum atomic E-state index is 12.6. The Balaban J connectivity index is 5.07. The van der Waals surface area contributed by atoms with Crippen molar-refractivity contribution in [2.75, 3.05) is 24.3 Å². The number of nitrogens with one attached hydrogen (secondary N) is 3. The summed E-state index contributed by atoms with van der Waals surface area (Å²) in [6, 6.07) is -3.79. The van der Waals surface area contributed by atoms with E-state index in [0.29, 0.717) is 31.6 Å². The van der Waals surface area contributed by atoms with Gasteiger partial charge in [0.25, 0.3) is 0 Å². The summed E-state index contributed by atoms with van der Waals surface area (Å²) in [5, 5.41) is 16.7. The van der Waals surface area contributed by atoms with E-state index in [1.165, 1.54) is 18.7 Å². The highest BCUT2D eigenvalue weighted by atomic mass is 32.2. The van der Waals surface area contributed by atoms with E-state index in [-0.39, 0.29) is 12.2 Å². The predicted octanol–water partition coefficient (Wildman–Crippen LogP) is -1.32. The van der Waals surface area contributed by atoms with Gasteiger partial charge in [-0.2, -0.15) is 24.4 Å². The molecule has 0 spiro atoms. The van der Waals surface area contributed by atoms with Crippen LogP contribution in [0.5, 0.6) is 0 Å². The first-order valence-electron chi connectivity index (χ1n) is 9.37. The molecule has 0 aromatic rings. The quantitative estimate of drug-likeness (QED) is 0.118. The molecule has 0 radical (unpaired) electrons. The predicted molar refractivity (Wildman–Crippen MR) is 117 cm³/mol. The maximum Gasteiger partial charge on any atom is 0.326 e. The van der Waals surface area contributed by atoms with Crippen molar-refractivity contribution < 1.29 is 24.3 Å². The van der Waals surface area contributed by atoms with Gasteiger partial charge in [-0.25, -0.2) is 4.79 Å². The first-order chi connectivity index (χ1) is 13.7. The van der Waals surface area contributed by atoms with Gasteiger partial charge in [-0.15, -0.1) is 0 Å². The second-order valence-corrected chi connectivity index (χ2v) is 7.91. The normalized spacial score (nSPS) is 14.9. The van der Waals surface area contributed by atoms with Gasteiger partial charge in [-0.1, -0.05) is 0 Å². The minimum Gasteiger partial charge on any atom is -0.480 e. The Morgan fingerprint density at radius 2 is 1.52 bits per heavy atom. The molecule has 0 aliphatic carbocycles. The molecule has 12 heteroatoms. The molecule has 8 N–H and O–H groups in total. The molecule has 4 unspecified atom stereocenters. The zero-order chi connectivity index (χ0) is 22.4. The van der Waals surface area contributed by atoms with E-state index in [0.717, 1.165) is 0 Å². The fraction of sp³-hybridized carbons (Fsp3) is 0.765. The number of thioether (sulfide) groups is 1. The molecule has 0 fully saturated rings. The number of aliphatic carboxylic acids is 1. The molecule has 0 bridgehead atoms. The third-order valence-electron chi connectivity index (χ3n) is 4.03. The molecule has 0 heterocycles. The number of rotatable bonds is 15. The fourth-order valence-corrected chi connectivity index (χ4v) is 3.03. The fourth-order valence-electron chi connectivity index (χ4n) is 2.30. The molecule has 168 valence electrons. The van der Waals surface area contributed by atoms with Gasteiger partial charge in [0.15, 0.2) is 0 Å².